The molecule has 0 saturated carbocycles. The molecule has 0 fully saturated rings. The Morgan fingerprint density at radius 2 is 1.75 bits per heavy atom. The quantitative estimate of drug-likeness (QED) is 0.809. The summed E-state index contributed by atoms with van der Waals surface area (Å²) in [5.74, 6) is 2.94. The van der Waals surface area contributed by atoms with E-state index < -0.39 is 0 Å². The van der Waals surface area contributed by atoms with Crippen molar-refractivity contribution in [2.75, 3.05) is 20.1 Å². The monoisotopic (exact) mass is 296 g/mol. The standard InChI is InChI=1S/C15H21ClN2O2/c1-15(2,3)18-11-9-13(20-5)12(19-4)8-10(11)17-14(18)6-7-16/h8-9H,6-7H2,1-5H3. The molecule has 1 aromatic carbocycles. The van der Waals surface area contributed by atoms with Gasteiger partial charge in [0.1, 0.15) is 5.82 Å². The van der Waals surface area contributed by atoms with Gasteiger partial charge in [0.15, 0.2) is 11.5 Å². The molecule has 0 bridgehead atoms. The van der Waals surface area contributed by atoms with E-state index in [9.17, 15) is 0 Å². The number of nitrogens with zero attached hydrogens (tertiary/aromatic N) is 2. The number of ether oxygens (including phenoxy) is 2. The van der Waals surface area contributed by atoms with Crippen LogP contribution in [-0.4, -0.2) is 29.7 Å². The smallest absolute Gasteiger partial charge is 0.163 e. The van der Waals surface area contributed by atoms with Crippen LogP contribution >= 0.6 is 11.6 Å². The van der Waals surface area contributed by atoms with Crippen LogP contribution in [0.15, 0.2) is 12.1 Å². The molecule has 4 nitrogen and oxygen atoms in total. The van der Waals surface area contributed by atoms with Crippen molar-refractivity contribution in [3.8, 4) is 11.5 Å². The van der Waals surface area contributed by atoms with Gasteiger partial charge < -0.3 is 14.0 Å². The van der Waals surface area contributed by atoms with Gasteiger partial charge in [-0.25, -0.2) is 4.98 Å². The molecule has 110 valence electrons. The number of aromatic nitrogens is 2. The highest BCUT2D eigenvalue weighted by Crippen LogP contribution is 2.34. The normalized spacial score (nSPS) is 11.9. The van der Waals surface area contributed by atoms with Gasteiger partial charge in [0.2, 0.25) is 0 Å². The number of halogens is 1. The topological polar surface area (TPSA) is 36.3 Å². The number of alkyl halides is 1. The lowest BCUT2D eigenvalue weighted by Gasteiger charge is -2.24. The Morgan fingerprint density at radius 3 is 2.25 bits per heavy atom. The van der Waals surface area contributed by atoms with Gasteiger partial charge in [-0.2, -0.15) is 0 Å². The number of aryl methyl sites for hydroxylation is 1. The van der Waals surface area contributed by atoms with Crippen molar-refractivity contribution >= 4 is 22.6 Å². The Bertz CT molecular complexity index is 614. The van der Waals surface area contributed by atoms with Gasteiger partial charge in [0.05, 0.1) is 25.3 Å². The Kier molecular flexibility index (Phi) is 4.14. The Balaban J connectivity index is 2.75. The van der Waals surface area contributed by atoms with Gasteiger partial charge in [-0.05, 0) is 20.8 Å². The van der Waals surface area contributed by atoms with E-state index in [2.05, 4.69) is 25.3 Å². The van der Waals surface area contributed by atoms with Gasteiger partial charge in [-0.1, -0.05) is 0 Å². The van der Waals surface area contributed by atoms with Crippen molar-refractivity contribution in [1.82, 2.24) is 9.55 Å². The van der Waals surface area contributed by atoms with Crippen LogP contribution in [0.2, 0.25) is 0 Å². The van der Waals surface area contributed by atoms with E-state index in [1.807, 2.05) is 12.1 Å². The molecule has 1 aromatic heterocycles. The van der Waals surface area contributed by atoms with Crippen molar-refractivity contribution < 1.29 is 9.47 Å². The zero-order valence-electron chi connectivity index (χ0n) is 12.7. The fourth-order valence-corrected chi connectivity index (χ4v) is 2.62. The predicted molar refractivity (Wildman–Crippen MR) is 82.3 cm³/mol. The highest BCUT2D eigenvalue weighted by Gasteiger charge is 2.22. The first-order valence-electron chi connectivity index (χ1n) is 6.62. The molecule has 20 heavy (non-hydrogen) atoms. The fraction of sp³-hybridized carbons (Fsp3) is 0.533. The van der Waals surface area contributed by atoms with Crippen molar-refractivity contribution in [1.29, 1.82) is 0 Å². The van der Waals surface area contributed by atoms with Crippen LogP contribution in [0.25, 0.3) is 11.0 Å². The minimum atomic E-state index is -0.0737. The zero-order valence-corrected chi connectivity index (χ0v) is 13.4. The summed E-state index contributed by atoms with van der Waals surface area (Å²) in [5.41, 5.74) is 1.86. The molecule has 2 aromatic rings. The summed E-state index contributed by atoms with van der Waals surface area (Å²) < 4.78 is 12.9. The number of imidazole rings is 1. The van der Waals surface area contributed by atoms with Crippen LogP contribution in [-0.2, 0) is 12.0 Å². The average Bonchev–Trinajstić information content (AvgIpc) is 2.74. The number of benzene rings is 1. The second-order valence-corrected chi connectivity index (χ2v) is 6.05. The van der Waals surface area contributed by atoms with Crippen LogP contribution < -0.4 is 9.47 Å². The molecule has 0 aliphatic heterocycles. The van der Waals surface area contributed by atoms with E-state index in [0.29, 0.717) is 17.4 Å². The molecular formula is C15H21ClN2O2. The van der Waals surface area contributed by atoms with E-state index in [-0.39, 0.29) is 5.54 Å². The third-order valence-electron chi connectivity index (χ3n) is 3.22. The van der Waals surface area contributed by atoms with Gasteiger partial charge in [-0.15, -0.1) is 11.6 Å². The van der Waals surface area contributed by atoms with E-state index >= 15 is 0 Å². The average molecular weight is 297 g/mol. The van der Waals surface area contributed by atoms with Gasteiger partial charge in [0, 0.05) is 30.0 Å². The molecule has 0 atom stereocenters. The van der Waals surface area contributed by atoms with Crippen molar-refractivity contribution in [3.05, 3.63) is 18.0 Å². The maximum Gasteiger partial charge on any atom is 0.163 e. The summed E-state index contributed by atoms with van der Waals surface area (Å²) in [7, 11) is 3.27. The van der Waals surface area contributed by atoms with Gasteiger partial charge in [0.25, 0.3) is 0 Å². The van der Waals surface area contributed by atoms with Crippen LogP contribution in [0.4, 0.5) is 0 Å². The highest BCUT2D eigenvalue weighted by molar-refractivity contribution is 6.17. The lowest BCUT2D eigenvalue weighted by Crippen LogP contribution is -2.24. The zero-order chi connectivity index (χ0) is 14.9. The first-order valence-corrected chi connectivity index (χ1v) is 7.15. The molecule has 0 radical (unpaired) electrons. The molecule has 0 aliphatic carbocycles. The van der Waals surface area contributed by atoms with Gasteiger partial charge >= 0.3 is 0 Å². The van der Waals surface area contributed by atoms with Crippen LogP contribution in [0.5, 0.6) is 11.5 Å². The molecular weight excluding hydrogens is 276 g/mol. The minimum Gasteiger partial charge on any atom is -0.493 e. The SMILES string of the molecule is COc1cc2nc(CCCl)n(C(C)(C)C)c2cc1OC. The molecule has 0 amide bonds. The van der Waals surface area contributed by atoms with Crippen LogP contribution in [0.3, 0.4) is 0 Å². The van der Waals surface area contributed by atoms with E-state index in [1.54, 1.807) is 14.2 Å². The summed E-state index contributed by atoms with van der Waals surface area (Å²) in [4.78, 5) is 4.70. The maximum absolute atomic E-state index is 5.90. The van der Waals surface area contributed by atoms with E-state index in [0.717, 1.165) is 23.3 Å². The lowest BCUT2D eigenvalue weighted by molar-refractivity contribution is 0.355. The summed E-state index contributed by atoms with van der Waals surface area (Å²) >= 11 is 5.90. The molecule has 0 unspecified atom stereocenters. The summed E-state index contributed by atoms with van der Waals surface area (Å²) in [6.45, 7) is 6.47. The second-order valence-electron chi connectivity index (χ2n) is 5.67. The Hall–Kier alpha value is -1.42. The van der Waals surface area contributed by atoms with Gasteiger partial charge in [-0.3, -0.25) is 0 Å². The van der Waals surface area contributed by atoms with E-state index in [4.69, 9.17) is 26.1 Å². The molecule has 1 heterocycles. The third-order valence-corrected chi connectivity index (χ3v) is 3.41. The first kappa shape index (κ1) is 15.0. The number of hydrogen-bond donors (Lipinski definition) is 0. The summed E-state index contributed by atoms with van der Waals surface area (Å²) in [5, 5.41) is 0. The number of hydrogen-bond acceptors (Lipinski definition) is 3. The van der Waals surface area contributed by atoms with Crippen LogP contribution in [0.1, 0.15) is 26.6 Å². The number of methoxy groups -OCH3 is 2. The first-order chi connectivity index (χ1) is 9.42. The fourth-order valence-electron chi connectivity index (χ4n) is 2.46. The highest BCUT2D eigenvalue weighted by atomic mass is 35.5. The summed E-state index contributed by atoms with van der Waals surface area (Å²) in [6, 6.07) is 3.89. The second kappa shape index (κ2) is 5.52. The summed E-state index contributed by atoms with van der Waals surface area (Å²) in [6.07, 6.45) is 0.734. The van der Waals surface area contributed by atoms with Crippen molar-refractivity contribution in [3.63, 3.8) is 0 Å². The molecule has 2 rings (SSSR count). The minimum absolute atomic E-state index is 0.0737. The Labute approximate surface area is 124 Å². The maximum atomic E-state index is 5.90. The molecule has 0 spiro atoms. The van der Waals surface area contributed by atoms with Crippen molar-refractivity contribution in [2.24, 2.45) is 0 Å². The third kappa shape index (κ3) is 2.57. The number of rotatable bonds is 4. The molecule has 5 heteroatoms. The molecule has 0 N–H and O–H groups in total. The Morgan fingerprint density at radius 1 is 1.15 bits per heavy atom. The number of fused-ring (bicyclic) bond motifs is 1. The molecule has 0 saturated heterocycles. The predicted octanol–water partition coefficient (Wildman–Crippen LogP) is 3.59. The largest absolute Gasteiger partial charge is 0.493 e. The molecule has 0 aliphatic rings. The lowest BCUT2D eigenvalue weighted by atomic mass is 10.1. The van der Waals surface area contributed by atoms with Crippen molar-refractivity contribution in [2.45, 2.75) is 32.7 Å². The van der Waals surface area contributed by atoms with Crippen LogP contribution in [0, 0.1) is 0 Å². The van der Waals surface area contributed by atoms with E-state index in [1.165, 1.54) is 0 Å².